The molecule has 1 saturated heterocycles. The molecule has 160 valence electrons. The molecule has 5 heteroatoms. The highest BCUT2D eigenvalue weighted by Crippen LogP contribution is 2.50. The fraction of sp³-hybridized carbons (Fsp3) is 0.423. The van der Waals surface area contributed by atoms with Gasteiger partial charge in [-0.1, -0.05) is 23.7 Å². The summed E-state index contributed by atoms with van der Waals surface area (Å²) in [5.74, 6) is 1.92. The number of H-pyrrole nitrogens is 1. The number of ether oxygens (including phenoxy) is 1. The van der Waals surface area contributed by atoms with Crippen LogP contribution in [0.15, 0.2) is 42.5 Å². The molecular weight excluding hydrogens is 408 g/mol. The highest BCUT2D eigenvalue weighted by atomic mass is 35.5. The van der Waals surface area contributed by atoms with E-state index in [4.69, 9.17) is 16.3 Å². The van der Waals surface area contributed by atoms with Crippen molar-refractivity contribution in [3.63, 3.8) is 0 Å². The monoisotopic (exact) mass is 434 g/mol. The lowest BCUT2D eigenvalue weighted by Crippen LogP contribution is -2.55. The summed E-state index contributed by atoms with van der Waals surface area (Å²) >= 11 is 6.34. The third-order valence-electron chi connectivity index (χ3n) is 7.83. The number of carbonyl (C=O) groups is 1. The lowest BCUT2D eigenvalue weighted by molar-refractivity contribution is -0.135. The first-order chi connectivity index (χ1) is 15.1. The molecule has 0 radical (unpaired) electrons. The highest BCUT2D eigenvalue weighted by Gasteiger charge is 2.50. The lowest BCUT2D eigenvalue weighted by atomic mass is 9.58. The van der Waals surface area contributed by atoms with Crippen molar-refractivity contribution in [3.05, 3.63) is 64.3 Å². The van der Waals surface area contributed by atoms with Crippen LogP contribution in [0.1, 0.15) is 36.1 Å². The van der Waals surface area contributed by atoms with Gasteiger partial charge >= 0.3 is 0 Å². The molecule has 4 nitrogen and oxygen atoms in total. The number of fused-ring (bicyclic) bond motifs is 4. The maximum absolute atomic E-state index is 12.9. The summed E-state index contributed by atoms with van der Waals surface area (Å²) < 4.78 is 5.56. The van der Waals surface area contributed by atoms with Crippen LogP contribution in [0.4, 0.5) is 0 Å². The van der Waals surface area contributed by atoms with Crippen molar-refractivity contribution in [2.24, 2.45) is 11.8 Å². The van der Waals surface area contributed by atoms with Gasteiger partial charge in [-0.3, -0.25) is 4.79 Å². The third-order valence-corrected chi connectivity index (χ3v) is 8.07. The van der Waals surface area contributed by atoms with Crippen LogP contribution in [-0.2, 0) is 23.1 Å². The molecule has 0 bridgehead atoms. The van der Waals surface area contributed by atoms with E-state index < -0.39 is 0 Å². The minimum absolute atomic E-state index is 0.00649. The molecule has 1 N–H and O–H groups in total. The Bertz CT molecular complexity index is 1180. The Morgan fingerprint density at radius 1 is 1.23 bits per heavy atom. The molecule has 2 atom stereocenters. The number of amides is 1. The molecule has 1 aliphatic heterocycles. The number of nitrogens with one attached hydrogen (secondary N) is 1. The Hall–Kier alpha value is -2.46. The van der Waals surface area contributed by atoms with Crippen molar-refractivity contribution in [1.82, 2.24) is 9.88 Å². The van der Waals surface area contributed by atoms with Gasteiger partial charge < -0.3 is 14.6 Å². The summed E-state index contributed by atoms with van der Waals surface area (Å²) in [6.45, 7) is 1.67. The first-order valence-electron chi connectivity index (χ1n) is 11.3. The first kappa shape index (κ1) is 19.2. The average Bonchev–Trinajstić information content (AvgIpc) is 3.59. The van der Waals surface area contributed by atoms with Crippen molar-refractivity contribution in [1.29, 1.82) is 0 Å². The predicted molar refractivity (Wildman–Crippen MR) is 123 cm³/mol. The van der Waals surface area contributed by atoms with E-state index in [0.717, 1.165) is 61.5 Å². The second kappa shape index (κ2) is 7.03. The topological polar surface area (TPSA) is 45.3 Å². The van der Waals surface area contributed by atoms with Crippen LogP contribution in [0.2, 0.25) is 5.02 Å². The molecule has 31 heavy (non-hydrogen) atoms. The standard InChI is InChI=1S/C26H27ClN2O2/c1-31-20-4-2-3-17(11-20)26-9-10-29(25(30)16-5-6-16)15-18(26)12-21-22-13-19(27)7-8-23(22)28-24(21)14-26/h2-4,7-8,11,13,16,18,28H,5-6,9-10,12,14-15H2,1H3. The minimum Gasteiger partial charge on any atom is -0.497 e. The van der Waals surface area contributed by atoms with Gasteiger partial charge in [-0.25, -0.2) is 0 Å². The molecule has 2 aliphatic carbocycles. The number of carbonyl (C=O) groups excluding carboxylic acids is 1. The smallest absolute Gasteiger partial charge is 0.225 e. The number of aromatic amines is 1. The Balaban J connectivity index is 1.46. The molecule has 2 aromatic carbocycles. The quantitative estimate of drug-likeness (QED) is 0.621. The van der Waals surface area contributed by atoms with E-state index in [0.29, 0.717) is 11.8 Å². The molecule has 3 aliphatic rings. The second-order valence-electron chi connectivity index (χ2n) is 9.55. The molecule has 1 amide bonds. The number of benzene rings is 2. The van der Waals surface area contributed by atoms with E-state index in [-0.39, 0.29) is 11.3 Å². The summed E-state index contributed by atoms with van der Waals surface area (Å²) in [6, 6.07) is 14.7. The molecule has 2 unspecified atom stereocenters. The molecule has 0 spiro atoms. The van der Waals surface area contributed by atoms with Gasteiger partial charge in [0.05, 0.1) is 7.11 Å². The Labute approximate surface area is 187 Å². The highest BCUT2D eigenvalue weighted by molar-refractivity contribution is 6.31. The van der Waals surface area contributed by atoms with Gasteiger partial charge in [0.1, 0.15) is 5.75 Å². The van der Waals surface area contributed by atoms with Crippen LogP contribution in [0.25, 0.3) is 10.9 Å². The SMILES string of the molecule is COc1cccc(C23CCN(C(=O)C4CC4)CC2Cc2c([nH]c4ccc(Cl)cc24)C3)c1. The number of hydrogen-bond donors (Lipinski definition) is 1. The van der Waals surface area contributed by atoms with E-state index in [1.54, 1.807) is 7.11 Å². The number of methoxy groups -OCH3 is 1. The zero-order chi connectivity index (χ0) is 21.2. The molecule has 6 rings (SSSR count). The molecule has 1 aromatic heterocycles. The first-order valence-corrected chi connectivity index (χ1v) is 11.7. The fourth-order valence-electron chi connectivity index (χ4n) is 5.99. The second-order valence-corrected chi connectivity index (χ2v) is 9.98. The van der Waals surface area contributed by atoms with Crippen molar-refractivity contribution in [2.45, 2.75) is 37.5 Å². The fourth-order valence-corrected chi connectivity index (χ4v) is 6.16. The van der Waals surface area contributed by atoms with Crippen molar-refractivity contribution in [3.8, 4) is 5.75 Å². The van der Waals surface area contributed by atoms with Gasteiger partial charge in [0.2, 0.25) is 5.91 Å². The molecular formula is C26H27ClN2O2. The van der Waals surface area contributed by atoms with Gasteiger partial charge in [0.25, 0.3) is 0 Å². The summed E-state index contributed by atoms with van der Waals surface area (Å²) in [7, 11) is 1.73. The van der Waals surface area contributed by atoms with Crippen LogP contribution in [0.3, 0.4) is 0 Å². The maximum Gasteiger partial charge on any atom is 0.225 e. The number of nitrogens with zero attached hydrogens (tertiary/aromatic N) is 1. The molecule has 2 heterocycles. The number of aromatic nitrogens is 1. The molecule has 3 aromatic rings. The van der Waals surface area contributed by atoms with Gasteiger partial charge in [0, 0.05) is 46.0 Å². The molecule has 1 saturated carbocycles. The van der Waals surface area contributed by atoms with Crippen LogP contribution < -0.4 is 4.74 Å². The van der Waals surface area contributed by atoms with Gasteiger partial charge in [-0.15, -0.1) is 0 Å². The normalized spacial score (nSPS) is 25.2. The van der Waals surface area contributed by atoms with E-state index in [2.05, 4.69) is 40.2 Å². The van der Waals surface area contributed by atoms with Crippen molar-refractivity contribution < 1.29 is 9.53 Å². The van der Waals surface area contributed by atoms with Crippen LogP contribution in [0, 0.1) is 11.8 Å². The summed E-state index contributed by atoms with van der Waals surface area (Å²) in [5, 5.41) is 2.00. The van der Waals surface area contributed by atoms with Crippen LogP contribution >= 0.6 is 11.6 Å². The zero-order valence-electron chi connectivity index (χ0n) is 17.8. The Kier molecular flexibility index (Phi) is 4.36. The number of piperidine rings is 1. The van der Waals surface area contributed by atoms with Gasteiger partial charge in [0.15, 0.2) is 0 Å². The number of hydrogen-bond acceptors (Lipinski definition) is 2. The van der Waals surface area contributed by atoms with E-state index >= 15 is 0 Å². The van der Waals surface area contributed by atoms with E-state index in [1.165, 1.54) is 22.2 Å². The summed E-state index contributed by atoms with van der Waals surface area (Å²) in [6.07, 6.45) is 5.02. The van der Waals surface area contributed by atoms with E-state index in [9.17, 15) is 4.79 Å². The number of rotatable bonds is 3. The van der Waals surface area contributed by atoms with Gasteiger partial charge in [-0.2, -0.15) is 0 Å². The minimum atomic E-state index is 0.00649. The summed E-state index contributed by atoms with van der Waals surface area (Å²) in [5.41, 5.74) is 5.18. The largest absolute Gasteiger partial charge is 0.497 e. The Morgan fingerprint density at radius 3 is 2.90 bits per heavy atom. The maximum atomic E-state index is 12.9. The van der Waals surface area contributed by atoms with Crippen LogP contribution in [0.5, 0.6) is 5.75 Å². The third kappa shape index (κ3) is 3.07. The van der Waals surface area contributed by atoms with Crippen molar-refractivity contribution in [2.75, 3.05) is 20.2 Å². The van der Waals surface area contributed by atoms with E-state index in [1.807, 2.05) is 12.1 Å². The zero-order valence-corrected chi connectivity index (χ0v) is 18.5. The number of halogens is 1. The lowest BCUT2D eigenvalue weighted by Gasteiger charge is -2.51. The number of likely N-dealkylation sites (tertiary alicyclic amines) is 1. The summed E-state index contributed by atoms with van der Waals surface area (Å²) in [4.78, 5) is 18.7. The van der Waals surface area contributed by atoms with Crippen molar-refractivity contribution >= 4 is 28.4 Å². The van der Waals surface area contributed by atoms with Gasteiger partial charge in [-0.05, 0) is 79.5 Å². The Morgan fingerprint density at radius 2 is 2.10 bits per heavy atom. The average molecular weight is 435 g/mol. The predicted octanol–water partition coefficient (Wildman–Crippen LogP) is 5.13. The molecule has 2 fully saturated rings. The van der Waals surface area contributed by atoms with Crippen LogP contribution in [-0.4, -0.2) is 36.0 Å².